The minimum Gasteiger partial charge on any atom is -0.497 e. The van der Waals surface area contributed by atoms with E-state index in [-0.39, 0.29) is 12.1 Å². The first kappa shape index (κ1) is 15.5. The van der Waals surface area contributed by atoms with Crippen LogP contribution in [0.1, 0.15) is 31.2 Å². The molecule has 1 atom stereocenters. The molecule has 0 radical (unpaired) electrons. The van der Waals surface area contributed by atoms with Gasteiger partial charge in [-0.05, 0) is 49.5 Å². The first-order chi connectivity index (χ1) is 10.6. The van der Waals surface area contributed by atoms with Gasteiger partial charge in [0.05, 0.1) is 11.2 Å². The fraction of sp³-hybridized carbons (Fsp3) is 0.500. The third-order valence-corrected chi connectivity index (χ3v) is 5.39. The number of sulfonamides is 1. The molecule has 2 N–H and O–H groups in total. The SMILES string of the molecule is O=S(=O)(NC1CC1)c1ccc(CNC[C@@H]2CCC=CO2)cc1. The molecular weight excluding hydrogens is 300 g/mol. The van der Waals surface area contributed by atoms with Gasteiger partial charge in [-0.25, -0.2) is 13.1 Å². The van der Waals surface area contributed by atoms with Crippen LogP contribution in [0.5, 0.6) is 0 Å². The summed E-state index contributed by atoms with van der Waals surface area (Å²) in [6.07, 6.45) is 8.01. The first-order valence-electron chi connectivity index (χ1n) is 7.76. The lowest BCUT2D eigenvalue weighted by atomic mass is 10.1. The second-order valence-electron chi connectivity index (χ2n) is 5.88. The van der Waals surface area contributed by atoms with Gasteiger partial charge in [0, 0.05) is 19.1 Å². The summed E-state index contributed by atoms with van der Waals surface area (Å²) in [7, 11) is -3.35. The Balaban J connectivity index is 1.49. The number of allylic oxidation sites excluding steroid dienone is 1. The molecule has 0 saturated heterocycles. The van der Waals surface area contributed by atoms with Crippen LogP contribution in [-0.4, -0.2) is 27.1 Å². The molecule has 5 nitrogen and oxygen atoms in total. The molecule has 120 valence electrons. The molecule has 3 rings (SSSR count). The summed E-state index contributed by atoms with van der Waals surface area (Å²) in [6.45, 7) is 1.51. The van der Waals surface area contributed by atoms with Crippen LogP contribution >= 0.6 is 0 Å². The Kier molecular flexibility index (Phi) is 4.81. The fourth-order valence-corrected chi connectivity index (χ4v) is 3.69. The summed E-state index contributed by atoms with van der Waals surface area (Å²) in [5, 5.41) is 3.35. The lowest BCUT2D eigenvalue weighted by Gasteiger charge is -2.19. The summed E-state index contributed by atoms with van der Waals surface area (Å²) >= 11 is 0. The molecule has 22 heavy (non-hydrogen) atoms. The Morgan fingerprint density at radius 3 is 2.55 bits per heavy atom. The van der Waals surface area contributed by atoms with Crippen molar-refractivity contribution in [2.24, 2.45) is 0 Å². The number of rotatable bonds is 7. The molecule has 6 heteroatoms. The third-order valence-electron chi connectivity index (χ3n) is 3.86. The van der Waals surface area contributed by atoms with Gasteiger partial charge in [0.15, 0.2) is 0 Å². The molecule has 0 aromatic heterocycles. The summed E-state index contributed by atoms with van der Waals surface area (Å²) in [4.78, 5) is 0.337. The highest BCUT2D eigenvalue weighted by molar-refractivity contribution is 7.89. The number of hydrogen-bond acceptors (Lipinski definition) is 4. The van der Waals surface area contributed by atoms with E-state index in [2.05, 4.69) is 10.0 Å². The van der Waals surface area contributed by atoms with Crippen molar-refractivity contribution in [2.75, 3.05) is 6.54 Å². The lowest BCUT2D eigenvalue weighted by Crippen LogP contribution is -2.28. The molecule has 0 amide bonds. The van der Waals surface area contributed by atoms with E-state index in [0.717, 1.165) is 37.8 Å². The highest BCUT2D eigenvalue weighted by Gasteiger charge is 2.27. The van der Waals surface area contributed by atoms with Crippen molar-refractivity contribution in [1.82, 2.24) is 10.0 Å². The topological polar surface area (TPSA) is 67.4 Å². The van der Waals surface area contributed by atoms with Crippen molar-refractivity contribution in [3.63, 3.8) is 0 Å². The number of hydrogen-bond donors (Lipinski definition) is 2. The van der Waals surface area contributed by atoms with E-state index in [1.807, 2.05) is 18.2 Å². The predicted molar refractivity (Wildman–Crippen MR) is 84.7 cm³/mol. The van der Waals surface area contributed by atoms with Crippen LogP contribution < -0.4 is 10.0 Å². The third kappa shape index (κ3) is 4.32. The van der Waals surface area contributed by atoms with Crippen molar-refractivity contribution in [3.05, 3.63) is 42.2 Å². The van der Waals surface area contributed by atoms with Crippen LogP contribution in [0, 0.1) is 0 Å². The monoisotopic (exact) mass is 322 g/mol. The predicted octanol–water partition coefficient (Wildman–Crippen LogP) is 1.91. The molecule has 1 aliphatic carbocycles. The van der Waals surface area contributed by atoms with E-state index >= 15 is 0 Å². The maximum atomic E-state index is 12.1. The second kappa shape index (κ2) is 6.81. The molecule has 0 spiro atoms. The highest BCUT2D eigenvalue weighted by Crippen LogP contribution is 2.22. The van der Waals surface area contributed by atoms with Gasteiger partial charge in [-0.15, -0.1) is 0 Å². The van der Waals surface area contributed by atoms with Crippen LogP contribution in [0.4, 0.5) is 0 Å². The molecule has 1 aromatic rings. The first-order valence-corrected chi connectivity index (χ1v) is 9.24. The average molecular weight is 322 g/mol. The number of benzene rings is 1. The average Bonchev–Trinajstić information content (AvgIpc) is 3.32. The minimum atomic E-state index is -3.35. The van der Waals surface area contributed by atoms with Crippen molar-refractivity contribution in [1.29, 1.82) is 0 Å². The second-order valence-corrected chi connectivity index (χ2v) is 7.59. The molecule has 1 heterocycles. The van der Waals surface area contributed by atoms with Crippen molar-refractivity contribution in [2.45, 2.75) is 49.3 Å². The molecule has 1 aliphatic heterocycles. The van der Waals surface area contributed by atoms with E-state index in [0.29, 0.717) is 11.4 Å². The minimum absolute atomic E-state index is 0.135. The zero-order chi connectivity index (χ0) is 15.4. The van der Waals surface area contributed by atoms with Crippen LogP contribution in [0.2, 0.25) is 0 Å². The summed E-state index contributed by atoms with van der Waals surface area (Å²) in [5.41, 5.74) is 1.07. The lowest BCUT2D eigenvalue weighted by molar-refractivity contribution is 0.122. The van der Waals surface area contributed by atoms with Gasteiger partial charge in [-0.2, -0.15) is 0 Å². The maximum absolute atomic E-state index is 12.1. The van der Waals surface area contributed by atoms with Gasteiger partial charge in [0.1, 0.15) is 6.10 Å². The van der Waals surface area contributed by atoms with Gasteiger partial charge >= 0.3 is 0 Å². The quantitative estimate of drug-likeness (QED) is 0.805. The van der Waals surface area contributed by atoms with Crippen LogP contribution in [-0.2, 0) is 21.3 Å². The maximum Gasteiger partial charge on any atom is 0.240 e. The molecule has 1 saturated carbocycles. The molecule has 1 fully saturated rings. The van der Waals surface area contributed by atoms with Crippen LogP contribution in [0.25, 0.3) is 0 Å². The Morgan fingerprint density at radius 2 is 1.91 bits per heavy atom. The smallest absolute Gasteiger partial charge is 0.240 e. The molecule has 0 bridgehead atoms. The van der Waals surface area contributed by atoms with E-state index < -0.39 is 10.0 Å². The van der Waals surface area contributed by atoms with Gasteiger partial charge in [0.2, 0.25) is 10.0 Å². The van der Waals surface area contributed by atoms with Gasteiger partial charge < -0.3 is 10.1 Å². The summed E-state index contributed by atoms with van der Waals surface area (Å²) in [5.74, 6) is 0. The van der Waals surface area contributed by atoms with E-state index in [4.69, 9.17) is 4.74 Å². The Hall–Kier alpha value is -1.37. The molecule has 1 aromatic carbocycles. The van der Waals surface area contributed by atoms with Gasteiger partial charge in [-0.3, -0.25) is 0 Å². The van der Waals surface area contributed by atoms with E-state index in [1.54, 1.807) is 18.4 Å². The Labute approximate surface area is 131 Å². The summed E-state index contributed by atoms with van der Waals surface area (Å²) < 4.78 is 32.3. The largest absolute Gasteiger partial charge is 0.497 e. The zero-order valence-electron chi connectivity index (χ0n) is 12.5. The summed E-state index contributed by atoms with van der Waals surface area (Å²) in [6, 6.07) is 7.19. The van der Waals surface area contributed by atoms with Crippen molar-refractivity contribution >= 4 is 10.0 Å². The molecular formula is C16H22N2O3S. The fourth-order valence-electron chi connectivity index (χ4n) is 2.39. The van der Waals surface area contributed by atoms with Gasteiger partial charge in [0.25, 0.3) is 0 Å². The van der Waals surface area contributed by atoms with Gasteiger partial charge in [-0.1, -0.05) is 12.1 Å². The normalized spacial score (nSPS) is 21.5. The highest BCUT2D eigenvalue weighted by atomic mass is 32.2. The van der Waals surface area contributed by atoms with E-state index in [1.165, 1.54) is 0 Å². The van der Waals surface area contributed by atoms with Crippen molar-refractivity contribution < 1.29 is 13.2 Å². The van der Waals surface area contributed by atoms with E-state index in [9.17, 15) is 8.42 Å². The standard InChI is InChI=1S/C16H22N2O3S/c19-22(20,18-14-6-7-14)16-8-4-13(5-9-16)11-17-12-15-3-1-2-10-21-15/h2,4-5,8-10,14-15,17-18H,1,3,6-7,11-12H2/t15-/m0/s1. The molecule has 0 unspecified atom stereocenters. The zero-order valence-corrected chi connectivity index (χ0v) is 13.3. The van der Waals surface area contributed by atoms with Crippen molar-refractivity contribution in [3.8, 4) is 0 Å². The Bertz CT molecular complexity index is 621. The Morgan fingerprint density at radius 1 is 1.14 bits per heavy atom. The van der Waals surface area contributed by atoms with Crippen LogP contribution in [0.3, 0.4) is 0 Å². The molecule has 2 aliphatic rings. The number of nitrogens with one attached hydrogen (secondary N) is 2. The van der Waals surface area contributed by atoms with Crippen LogP contribution in [0.15, 0.2) is 41.5 Å². The number of ether oxygens (including phenoxy) is 1.